The monoisotopic (exact) mass is 389 g/mol. The lowest BCUT2D eigenvalue weighted by Crippen LogP contribution is -2.16. The lowest BCUT2D eigenvalue weighted by Gasteiger charge is -2.13. The molecule has 110 valence electrons. The molecule has 0 atom stereocenters. The smallest absolute Gasteiger partial charge is 0.337 e. The maximum absolute atomic E-state index is 12.4. The van der Waals surface area contributed by atoms with Crippen LogP contribution in [-0.4, -0.2) is 19.5 Å². The molecule has 0 radical (unpaired) electrons. The molecule has 2 aromatic rings. The number of carboxylic acid groups (broad SMARTS) is 1. The number of rotatable bonds is 4. The summed E-state index contributed by atoms with van der Waals surface area (Å²) in [5, 5.41) is 9.11. The minimum atomic E-state index is -3.97. The molecule has 2 aromatic carbocycles. The first-order valence-corrected chi connectivity index (χ1v) is 8.27. The predicted octanol–water partition coefficient (Wildman–Crippen LogP) is 3.60. The summed E-state index contributed by atoms with van der Waals surface area (Å²) in [6.45, 7) is 0. The number of hydrogen-bond acceptors (Lipinski definition) is 3. The summed E-state index contributed by atoms with van der Waals surface area (Å²) in [4.78, 5) is 11.1. The standard InChI is InChI=1S/C13H9BrClNO4S/c14-9-5-1-2-7-11(9)21(19,20)16-12-8(13(17)18)4-3-6-10(12)15/h1-7,16H,(H,17,18). The van der Waals surface area contributed by atoms with Crippen LogP contribution in [0.5, 0.6) is 0 Å². The Hall–Kier alpha value is -1.57. The Bertz CT molecular complexity index is 808. The summed E-state index contributed by atoms with van der Waals surface area (Å²) in [6.07, 6.45) is 0. The van der Waals surface area contributed by atoms with Gasteiger partial charge in [-0.2, -0.15) is 0 Å². The zero-order valence-electron chi connectivity index (χ0n) is 10.4. The van der Waals surface area contributed by atoms with Gasteiger partial charge in [-0.05, 0) is 40.2 Å². The number of hydrogen-bond donors (Lipinski definition) is 2. The van der Waals surface area contributed by atoms with E-state index in [-0.39, 0.29) is 21.2 Å². The van der Waals surface area contributed by atoms with E-state index in [9.17, 15) is 13.2 Å². The van der Waals surface area contributed by atoms with Crippen molar-refractivity contribution in [2.24, 2.45) is 0 Å². The molecule has 2 N–H and O–H groups in total. The highest BCUT2D eigenvalue weighted by Gasteiger charge is 2.22. The van der Waals surface area contributed by atoms with Gasteiger partial charge in [-0.3, -0.25) is 4.72 Å². The average Bonchev–Trinajstić information content (AvgIpc) is 2.41. The van der Waals surface area contributed by atoms with Crippen LogP contribution in [-0.2, 0) is 10.0 Å². The second kappa shape index (κ2) is 6.05. The summed E-state index contributed by atoms with van der Waals surface area (Å²) in [5.41, 5.74) is -0.388. The first-order chi connectivity index (χ1) is 9.83. The normalized spacial score (nSPS) is 11.1. The molecule has 0 aliphatic carbocycles. The number of nitrogens with one attached hydrogen (secondary N) is 1. The van der Waals surface area contributed by atoms with Crippen LogP contribution in [0.1, 0.15) is 10.4 Å². The number of benzene rings is 2. The van der Waals surface area contributed by atoms with Gasteiger partial charge in [0.2, 0.25) is 0 Å². The molecule has 0 saturated heterocycles. The van der Waals surface area contributed by atoms with Crippen molar-refractivity contribution in [3.63, 3.8) is 0 Å². The zero-order chi connectivity index (χ0) is 15.6. The molecule has 0 amide bonds. The van der Waals surface area contributed by atoms with Gasteiger partial charge in [0, 0.05) is 4.47 Å². The quantitative estimate of drug-likeness (QED) is 0.835. The van der Waals surface area contributed by atoms with Gasteiger partial charge < -0.3 is 5.11 Å². The SMILES string of the molecule is O=C(O)c1cccc(Cl)c1NS(=O)(=O)c1ccccc1Br. The number of carboxylic acids is 1. The van der Waals surface area contributed by atoms with Crippen LogP contribution < -0.4 is 4.72 Å². The van der Waals surface area contributed by atoms with Crippen LogP contribution >= 0.6 is 27.5 Å². The van der Waals surface area contributed by atoms with E-state index >= 15 is 0 Å². The maximum Gasteiger partial charge on any atom is 0.337 e. The average molecular weight is 391 g/mol. The Kier molecular flexibility index (Phi) is 4.55. The Balaban J connectivity index is 2.52. The summed E-state index contributed by atoms with van der Waals surface area (Å²) in [6, 6.07) is 10.3. The van der Waals surface area contributed by atoms with E-state index in [4.69, 9.17) is 16.7 Å². The van der Waals surface area contributed by atoms with Crippen molar-refractivity contribution >= 4 is 49.2 Å². The molecule has 0 heterocycles. The second-order valence-electron chi connectivity index (χ2n) is 4.00. The van der Waals surface area contributed by atoms with E-state index in [0.29, 0.717) is 4.47 Å². The fourth-order valence-corrected chi connectivity index (χ4v) is 4.04. The Morgan fingerprint density at radius 1 is 1.14 bits per heavy atom. The predicted molar refractivity (Wildman–Crippen MR) is 83.4 cm³/mol. The highest BCUT2D eigenvalue weighted by atomic mass is 79.9. The van der Waals surface area contributed by atoms with Crippen LogP contribution in [0.2, 0.25) is 5.02 Å². The molecule has 0 aliphatic rings. The van der Waals surface area contributed by atoms with E-state index in [1.807, 2.05) is 0 Å². The van der Waals surface area contributed by atoms with E-state index < -0.39 is 16.0 Å². The molecule has 8 heteroatoms. The number of carbonyl (C=O) groups is 1. The van der Waals surface area contributed by atoms with Crippen LogP contribution in [0.25, 0.3) is 0 Å². The van der Waals surface area contributed by atoms with E-state index in [1.165, 1.54) is 24.3 Å². The third kappa shape index (κ3) is 3.37. The maximum atomic E-state index is 12.4. The first-order valence-electron chi connectivity index (χ1n) is 5.62. The van der Waals surface area contributed by atoms with E-state index in [2.05, 4.69) is 20.7 Å². The van der Waals surface area contributed by atoms with Gasteiger partial charge in [-0.1, -0.05) is 29.8 Å². The Morgan fingerprint density at radius 2 is 1.81 bits per heavy atom. The molecule has 0 bridgehead atoms. The largest absolute Gasteiger partial charge is 0.478 e. The summed E-state index contributed by atoms with van der Waals surface area (Å²) in [5.74, 6) is -1.28. The molecule has 0 aliphatic heterocycles. The van der Waals surface area contributed by atoms with Crippen molar-refractivity contribution in [2.75, 3.05) is 4.72 Å². The highest BCUT2D eigenvalue weighted by molar-refractivity contribution is 9.10. The molecule has 21 heavy (non-hydrogen) atoms. The minimum Gasteiger partial charge on any atom is -0.478 e. The van der Waals surface area contributed by atoms with E-state index in [0.717, 1.165) is 0 Å². The number of para-hydroxylation sites is 1. The van der Waals surface area contributed by atoms with Gasteiger partial charge in [0.25, 0.3) is 10.0 Å². The molecular weight excluding hydrogens is 382 g/mol. The second-order valence-corrected chi connectivity index (χ2v) is 6.92. The summed E-state index contributed by atoms with van der Waals surface area (Å²) < 4.78 is 27.3. The van der Waals surface area contributed by atoms with Crippen LogP contribution in [0, 0.1) is 0 Å². The third-order valence-corrected chi connectivity index (χ3v) is 5.28. The topological polar surface area (TPSA) is 83.5 Å². The van der Waals surface area contributed by atoms with Crippen LogP contribution in [0.4, 0.5) is 5.69 Å². The summed E-state index contributed by atoms with van der Waals surface area (Å²) in [7, 11) is -3.97. The fourth-order valence-electron chi connectivity index (χ4n) is 1.66. The molecule has 0 spiro atoms. The van der Waals surface area contributed by atoms with Gasteiger partial charge >= 0.3 is 5.97 Å². The van der Waals surface area contributed by atoms with Gasteiger partial charge in [0.15, 0.2) is 0 Å². The van der Waals surface area contributed by atoms with Gasteiger partial charge in [-0.25, -0.2) is 13.2 Å². The van der Waals surface area contributed by atoms with Crippen molar-refractivity contribution in [2.45, 2.75) is 4.90 Å². The zero-order valence-corrected chi connectivity index (χ0v) is 13.5. The van der Waals surface area contributed by atoms with Gasteiger partial charge in [-0.15, -0.1) is 0 Å². The minimum absolute atomic E-state index is 0.00512. The number of sulfonamides is 1. The Labute approximate surface area is 134 Å². The number of aromatic carboxylic acids is 1. The highest BCUT2D eigenvalue weighted by Crippen LogP contribution is 2.30. The lowest BCUT2D eigenvalue weighted by atomic mass is 10.2. The van der Waals surface area contributed by atoms with Crippen molar-refractivity contribution in [1.29, 1.82) is 0 Å². The first kappa shape index (κ1) is 15.8. The van der Waals surface area contributed by atoms with Crippen LogP contribution in [0.3, 0.4) is 0 Å². The molecule has 0 saturated carbocycles. The molecule has 0 unspecified atom stereocenters. The fraction of sp³-hybridized carbons (Fsp3) is 0. The lowest BCUT2D eigenvalue weighted by molar-refractivity contribution is 0.0698. The summed E-state index contributed by atoms with van der Waals surface area (Å²) >= 11 is 9.05. The molecule has 0 fully saturated rings. The molecule has 2 rings (SSSR count). The van der Waals surface area contributed by atoms with Gasteiger partial charge in [0.1, 0.15) is 4.90 Å². The Morgan fingerprint density at radius 3 is 2.43 bits per heavy atom. The number of anilines is 1. The van der Waals surface area contributed by atoms with Crippen molar-refractivity contribution in [3.05, 3.63) is 57.5 Å². The van der Waals surface area contributed by atoms with Gasteiger partial charge in [0.05, 0.1) is 16.3 Å². The van der Waals surface area contributed by atoms with Crippen molar-refractivity contribution < 1.29 is 18.3 Å². The molecule has 5 nitrogen and oxygen atoms in total. The van der Waals surface area contributed by atoms with Crippen molar-refractivity contribution in [3.8, 4) is 0 Å². The third-order valence-electron chi connectivity index (χ3n) is 2.61. The molecule has 0 aromatic heterocycles. The van der Waals surface area contributed by atoms with E-state index in [1.54, 1.807) is 18.2 Å². The molecular formula is C13H9BrClNO4S. The number of halogens is 2. The van der Waals surface area contributed by atoms with Crippen molar-refractivity contribution in [1.82, 2.24) is 0 Å². The van der Waals surface area contributed by atoms with Crippen LogP contribution in [0.15, 0.2) is 51.8 Å².